The molecule has 1 aromatic heterocycles. The fraction of sp³-hybridized carbons (Fsp3) is 0.0455. The number of hydrogen-bond acceptors (Lipinski definition) is 6. The number of benzene rings is 3. The normalized spacial score (nSPS) is 12.1. The summed E-state index contributed by atoms with van der Waals surface area (Å²) in [6.45, 7) is 0. The molecule has 0 amide bonds. The van der Waals surface area contributed by atoms with E-state index in [-0.39, 0.29) is 62.5 Å². The Kier molecular flexibility index (Phi) is 7.44. The van der Waals surface area contributed by atoms with Gasteiger partial charge in [-0.3, -0.25) is 9.54 Å². The van der Waals surface area contributed by atoms with Crippen molar-refractivity contribution in [3.8, 4) is 11.3 Å². The summed E-state index contributed by atoms with van der Waals surface area (Å²) in [5.41, 5.74) is 6.34. The van der Waals surface area contributed by atoms with Crippen molar-refractivity contribution in [3.63, 3.8) is 0 Å². The molecular weight excluding hydrogens is 480 g/mol. The van der Waals surface area contributed by atoms with Crippen molar-refractivity contribution in [3.05, 3.63) is 78.5 Å². The van der Waals surface area contributed by atoms with Gasteiger partial charge in [0, 0.05) is 16.3 Å². The van der Waals surface area contributed by atoms with Gasteiger partial charge in [0.25, 0.3) is 10.1 Å². The van der Waals surface area contributed by atoms with Crippen LogP contribution in [0.5, 0.6) is 0 Å². The van der Waals surface area contributed by atoms with Crippen LogP contribution in [-0.4, -0.2) is 47.5 Å². The third-order valence-corrected chi connectivity index (χ3v) is 5.70. The van der Waals surface area contributed by atoms with Gasteiger partial charge in [-0.1, -0.05) is 36.4 Å². The molecule has 34 heavy (non-hydrogen) atoms. The van der Waals surface area contributed by atoms with Gasteiger partial charge in [0.05, 0.1) is 23.1 Å². The van der Waals surface area contributed by atoms with Crippen molar-refractivity contribution in [1.29, 1.82) is 0 Å². The molecule has 4 aromatic rings. The summed E-state index contributed by atoms with van der Waals surface area (Å²) in [4.78, 5) is 3.76. The number of alkyl halides is 3. The van der Waals surface area contributed by atoms with Crippen molar-refractivity contribution < 1.29 is 26.1 Å². The SMILES string of the molecule is Nc1c(/N=N/c2ccc(-c3cccc(C(F)(F)F)c3)nc2)cc(S(=O)(=O)O)c2ccccc12.[NaH]. The molecule has 0 atom stereocenters. The number of pyridine rings is 1. The average Bonchev–Trinajstić information content (AvgIpc) is 2.78. The summed E-state index contributed by atoms with van der Waals surface area (Å²) in [7, 11) is -4.55. The van der Waals surface area contributed by atoms with Crippen molar-refractivity contribution in [2.24, 2.45) is 10.2 Å². The Bertz CT molecular complexity index is 1490. The number of nitrogens with two attached hydrogens (primary N) is 1. The zero-order chi connectivity index (χ0) is 23.8. The van der Waals surface area contributed by atoms with E-state index in [2.05, 4.69) is 15.2 Å². The number of halogens is 3. The van der Waals surface area contributed by atoms with Crippen LogP contribution >= 0.6 is 0 Å². The number of hydrogen-bond donors (Lipinski definition) is 2. The molecule has 0 aliphatic rings. The molecule has 12 heteroatoms. The van der Waals surface area contributed by atoms with Crippen LogP contribution in [0.4, 0.5) is 30.2 Å². The minimum atomic E-state index is -4.55. The second-order valence-corrected chi connectivity index (χ2v) is 8.40. The maximum absolute atomic E-state index is 12.9. The van der Waals surface area contributed by atoms with E-state index in [1.54, 1.807) is 18.2 Å². The predicted octanol–water partition coefficient (Wildman–Crippen LogP) is 5.52. The summed E-state index contributed by atoms with van der Waals surface area (Å²) in [6.07, 6.45) is -3.16. The number of nitrogens with zero attached hydrogens (tertiary/aromatic N) is 3. The molecule has 0 radical (unpaired) electrons. The maximum atomic E-state index is 12.9. The van der Waals surface area contributed by atoms with Crippen molar-refractivity contribution in [2.75, 3.05) is 5.73 Å². The number of nitrogen functional groups attached to an aromatic ring is 1. The Labute approximate surface area is 214 Å². The number of anilines is 1. The van der Waals surface area contributed by atoms with Crippen LogP contribution in [0.2, 0.25) is 0 Å². The van der Waals surface area contributed by atoms with Gasteiger partial charge in [0.1, 0.15) is 16.3 Å². The minimum absolute atomic E-state index is 0. The number of aromatic nitrogens is 1. The van der Waals surface area contributed by atoms with E-state index < -0.39 is 21.9 Å². The van der Waals surface area contributed by atoms with E-state index in [0.29, 0.717) is 11.1 Å². The van der Waals surface area contributed by atoms with Crippen LogP contribution < -0.4 is 5.73 Å². The molecule has 4 rings (SSSR count). The van der Waals surface area contributed by atoms with E-state index in [4.69, 9.17) is 5.73 Å². The van der Waals surface area contributed by atoms with E-state index >= 15 is 0 Å². The van der Waals surface area contributed by atoms with Gasteiger partial charge in [0.15, 0.2) is 0 Å². The molecule has 0 unspecified atom stereocenters. The Morgan fingerprint density at radius 1 is 0.912 bits per heavy atom. The molecule has 1 heterocycles. The fourth-order valence-corrected chi connectivity index (χ4v) is 3.95. The standard InChI is InChI=1S/C22H15F3N4O3S.Na.H/c23-22(24,25)14-5-3-4-13(10-14)18-9-8-15(12-27-18)28-29-19-11-20(33(30,31)32)16-6-1-2-7-17(16)21(19)26;;/h1-12H,26H2,(H,30,31,32);;/b29-28+;;. The summed E-state index contributed by atoms with van der Waals surface area (Å²) in [5.74, 6) is 0. The second kappa shape index (κ2) is 9.80. The van der Waals surface area contributed by atoms with Crippen LogP contribution in [0.25, 0.3) is 22.0 Å². The molecule has 0 bridgehead atoms. The molecule has 0 spiro atoms. The van der Waals surface area contributed by atoms with Gasteiger partial charge >= 0.3 is 35.7 Å². The first-order chi connectivity index (χ1) is 15.5. The fourth-order valence-electron chi connectivity index (χ4n) is 3.23. The summed E-state index contributed by atoms with van der Waals surface area (Å²) in [6, 6.07) is 15.2. The molecular formula is C22H16F3N4NaO3S. The molecule has 7 nitrogen and oxygen atoms in total. The third kappa shape index (κ3) is 5.45. The van der Waals surface area contributed by atoms with E-state index in [1.165, 1.54) is 36.5 Å². The average molecular weight is 496 g/mol. The number of azo groups is 1. The number of rotatable bonds is 4. The Hall–Kier alpha value is -2.83. The Morgan fingerprint density at radius 2 is 1.62 bits per heavy atom. The van der Waals surface area contributed by atoms with Crippen LogP contribution in [0.1, 0.15) is 5.56 Å². The molecule has 3 aromatic carbocycles. The molecule has 0 fully saturated rings. The zero-order valence-electron chi connectivity index (χ0n) is 16.7. The van der Waals surface area contributed by atoms with Crippen LogP contribution in [0.15, 0.2) is 88.1 Å². The monoisotopic (exact) mass is 496 g/mol. The summed E-state index contributed by atoms with van der Waals surface area (Å²) < 4.78 is 72.0. The molecule has 0 aliphatic carbocycles. The van der Waals surface area contributed by atoms with Gasteiger partial charge in [-0.25, -0.2) is 0 Å². The quantitative estimate of drug-likeness (QED) is 0.167. The Morgan fingerprint density at radius 3 is 2.24 bits per heavy atom. The molecule has 0 aliphatic heterocycles. The van der Waals surface area contributed by atoms with Crippen molar-refractivity contribution >= 4 is 67.5 Å². The van der Waals surface area contributed by atoms with E-state index in [9.17, 15) is 26.1 Å². The second-order valence-electron chi connectivity index (χ2n) is 7.01. The van der Waals surface area contributed by atoms with Crippen LogP contribution in [0.3, 0.4) is 0 Å². The summed E-state index contributed by atoms with van der Waals surface area (Å²) in [5, 5.41) is 8.58. The topological polar surface area (TPSA) is 118 Å². The first-order valence-corrected chi connectivity index (χ1v) is 10.8. The van der Waals surface area contributed by atoms with Crippen LogP contribution in [-0.2, 0) is 16.3 Å². The van der Waals surface area contributed by atoms with Gasteiger partial charge in [-0.2, -0.15) is 21.6 Å². The Balaban J connectivity index is 0.00000324. The molecule has 3 N–H and O–H groups in total. The zero-order valence-corrected chi connectivity index (χ0v) is 17.5. The molecule has 170 valence electrons. The van der Waals surface area contributed by atoms with Gasteiger partial charge in [-0.05, 0) is 30.3 Å². The van der Waals surface area contributed by atoms with Crippen molar-refractivity contribution in [2.45, 2.75) is 11.1 Å². The van der Waals surface area contributed by atoms with E-state index in [0.717, 1.165) is 18.2 Å². The number of fused-ring (bicyclic) bond motifs is 1. The summed E-state index contributed by atoms with van der Waals surface area (Å²) >= 11 is 0. The third-order valence-electron chi connectivity index (χ3n) is 4.81. The predicted molar refractivity (Wildman–Crippen MR) is 124 cm³/mol. The van der Waals surface area contributed by atoms with Gasteiger partial charge in [-0.15, -0.1) is 10.2 Å². The van der Waals surface area contributed by atoms with Crippen LogP contribution in [0, 0.1) is 0 Å². The first kappa shape index (κ1) is 25.8. The first-order valence-electron chi connectivity index (χ1n) is 9.38. The molecule has 0 saturated heterocycles. The molecule has 0 saturated carbocycles. The van der Waals surface area contributed by atoms with Gasteiger partial charge < -0.3 is 5.73 Å². The van der Waals surface area contributed by atoms with E-state index in [1.807, 2.05) is 0 Å². The van der Waals surface area contributed by atoms with Gasteiger partial charge in [0.2, 0.25) is 0 Å². The van der Waals surface area contributed by atoms with Crippen molar-refractivity contribution in [1.82, 2.24) is 4.98 Å².